The first-order chi connectivity index (χ1) is 10.3. The van der Waals surface area contributed by atoms with E-state index in [1.165, 1.54) is 24.1 Å². The summed E-state index contributed by atoms with van der Waals surface area (Å²) in [6.45, 7) is 4.31. The molecule has 3 heterocycles. The van der Waals surface area contributed by atoms with Crippen molar-refractivity contribution in [2.45, 2.75) is 19.8 Å². The molecule has 0 bridgehead atoms. The Labute approximate surface area is 123 Å². The van der Waals surface area contributed by atoms with Gasteiger partial charge in [0.1, 0.15) is 5.69 Å². The number of anilines is 1. The van der Waals surface area contributed by atoms with E-state index in [1.807, 2.05) is 12.3 Å². The zero-order chi connectivity index (χ0) is 14.2. The van der Waals surface area contributed by atoms with Crippen molar-refractivity contribution in [3.8, 4) is 11.5 Å². The zero-order valence-corrected chi connectivity index (χ0v) is 12.1. The van der Waals surface area contributed by atoms with Crippen molar-refractivity contribution >= 4 is 16.7 Å². The Morgan fingerprint density at radius 2 is 2.00 bits per heavy atom. The number of imidazole rings is 1. The molecule has 1 fully saturated rings. The number of hydrogen-bond acceptors (Lipinski definition) is 3. The fraction of sp³-hybridized carbons (Fsp3) is 0.294. The standard InChI is InChI=1S/C17H18N4/c1-12-6-7-13-14(11-12)20-17(19-13)16-15(5-4-8-18-16)21-9-2-3-10-21/h4-8,11H,2-3,9-10H2,1H3,(H,19,20). The van der Waals surface area contributed by atoms with Gasteiger partial charge >= 0.3 is 0 Å². The highest BCUT2D eigenvalue weighted by atomic mass is 15.2. The molecule has 1 N–H and O–H groups in total. The largest absolute Gasteiger partial charge is 0.370 e. The molecule has 1 aliphatic heterocycles. The molecule has 1 aromatic carbocycles. The minimum atomic E-state index is 0.859. The van der Waals surface area contributed by atoms with Gasteiger partial charge in [0.2, 0.25) is 0 Å². The lowest BCUT2D eigenvalue weighted by Crippen LogP contribution is -2.18. The number of nitrogens with one attached hydrogen (secondary N) is 1. The van der Waals surface area contributed by atoms with Crippen molar-refractivity contribution in [2.24, 2.45) is 0 Å². The molecule has 0 amide bonds. The summed E-state index contributed by atoms with van der Waals surface area (Å²) in [5.74, 6) is 0.859. The van der Waals surface area contributed by atoms with Crippen LogP contribution in [0.25, 0.3) is 22.6 Å². The molecule has 2 aromatic heterocycles. The van der Waals surface area contributed by atoms with Gasteiger partial charge in [-0.15, -0.1) is 0 Å². The van der Waals surface area contributed by atoms with Crippen LogP contribution >= 0.6 is 0 Å². The summed E-state index contributed by atoms with van der Waals surface area (Å²) < 4.78 is 0. The van der Waals surface area contributed by atoms with E-state index >= 15 is 0 Å². The van der Waals surface area contributed by atoms with Crippen molar-refractivity contribution in [3.05, 3.63) is 42.1 Å². The summed E-state index contributed by atoms with van der Waals surface area (Å²) in [5.41, 5.74) is 5.43. The van der Waals surface area contributed by atoms with Crippen molar-refractivity contribution < 1.29 is 0 Å². The molecule has 0 radical (unpaired) electrons. The molecule has 1 saturated heterocycles. The highest BCUT2D eigenvalue weighted by Gasteiger charge is 2.19. The SMILES string of the molecule is Cc1ccc2[nH]c(-c3ncccc3N3CCCC3)nc2c1. The first kappa shape index (κ1) is 12.4. The van der Waals surface area contributed by atoms with Gasteiger partial charge in [-0.05, 0) is 49.6 Å². The monoisotopic (exact) mass is 278 g/mol. The van der Waals surface area contributed by atoms with Crippen LogP contribution in [0, 0.1) is 6.92 Å². The lowest BCUT2D eigenvalue weighted by atomic mass is 10.2. The number of aromatic nitrogens is 3. The number of rotatable bonds is 2. The Bertz CT molecular complexity index is 784. The van der Waals surface area contributed by atoms with Gasteiger partial charge in [0.05, 0.1) is 16.7 Å². The van der Waals surface area contributed by atoms with E-state index in [0.717, 1.165) is 35.6 Å². The van der Waals surface area contributed by atoms with Gasteiger partial charge in [0.15, 0.2) is 5.82 Å². The molecule has 0 atom stereocenters. The summed E-state index contributed by atoms with van der Waals surface area (Å²) >= 11 is 0. The normalized spacial score (nSPS) is 15.0. The van der Waals surface area contributed by atoms with Crippen LogP contribution in [0.3, 0.4) is 0 Å². The minimum Gasteiger partial charge on any atom is -0.370 e. The molecular formula is C17H18N4. The Balaban J connectivity index is 1.84. The highest BCUT2D eigenvalue weighted by Crippen LogP contribution is 2.30. The third-order valence-electron chi connectivity index (χ3n) is 4.10. The molecule has 4 rings (SSSR count). The number of pyridine rings is 1. The predicted octanol–water partition coefficient (Wildman–Crippen LogP) is 3.53. The summed E-state index contributed by atoms with van der Waals surface area (Å²) in [6, 6.07) is 10.4. The van der Waals surface area contributed by atoms with Crippen LogP contribution in [0.2, 0.25) is 0 Å². The zero-order valence-electron chi connectivity index (χ0n) is 12.1. The quantitative estimate of drug-likeness (QED) is 0.780. The number of aryl methyl sites for hydroxylation is 1. The van der Waals surface area contributed by atoms with Crippen LogP contribution in [0.5, 0.6) is 0 Å². The number of fused-ring (bicyclic) bond motifs is 1. The average molecular weight is 278 g/mol. The van der Waals surface area contributed by atoms with Gasteiger partial charge in [-0.1, -0.05) is 6.07 Å². The molecular weight excluding hydrogens is 260 g/mol. The topological polar surface area (TPSA) is 44.8 Å². The van der Waals surface area contributed by atoms with Gasteiger partial charge < -0.3 is 9.88 Å². The van der Waals surface area contributed by atoms with Crippen LogP contribution in [0.1, 0.15) is 18.4 Å². The Morgan fingerprint density at radius 1 is 1.14 bits per heavy atom. The van der Waals surface area contributed by atoms with Gasteiger partial charge in [0.25, 0.3) is 0 Å². The molecule has 0 aliphatic carbocycles. The summed E-state index contributed by atoms with van der Waals surface area (Å²) in [7, 11) is 0. The molecule has 0 unspecified atom stereocenters. The van der Waals surface area contributed by atoms with Crippen LogP contribution in [-0.4, -0.2) is 28.0 Å². The van der Waals surface area contributed by atoms with E-state index < -0.39 is 0 Å². The average Bonchev–Trinajstić information content (AvgIpc) is 3.16. The van der Waals surface area contributed by atoms with Crippen LogP contribution in [-0.2, 0) is 0 Å². The molecule has 3 aromatic rings. The Hall–Kier alpha value is -2.36. The lowest BCUT2D eigenvalue weighted by Gasteiger charge is -2.19. The third kappa shape index (κ3) is 2.17. The first-order valence-corrected chi connectivity index (χ1v) is 7.48. The number of benzene rings is 1. The molecule has 4 nitrogen and oxygen atoms in total. The fourth-order valence-corrected chi connectivity index (χ4v) is 3.02. The highest BCUT2D eigenvalue weighted by molar-refractivity contribution is 5.82. The lowest BCUT2D eigenvalue weighted by molar-refractivity contribution is 0.949. The molecule has 21 heavy (non-hydrogen) atoms. The van der Waals surface area contributed by atoms with Gasteiger partial charge in [-0.2, -0.15) is 0 Å². The second-order valence-electron chi connectivity index (χ2n) is 5.67. The number of hydrogen-bond donors (Lipinski definition) is 1. The summed E-state index contributed by atoms with van der Waals surface area (Å²) in [5, 5.41) is 0. The van der Waals surface area contributed by atoms with Gasteiger partial charge in [-0.3, -0.25) is 4.98 Å². The fourth-order valence-electron chi connectivity index (χ4n) is 3.02. The maximum atomic E-state index is 4.73. The van der Waals surface area contributed by atoms with Crippen molar-refractivity contribution in [1.82, 2.24) is 15.0 Å². The van der Waals surface area contributed by atoms with E-state index in [-0.39, 0.29) is 0 Å². The smallest absolute Gasteiger partial charge is 0.159 e. The first-order valence-electron chi connectivity index (χ1n) is 7.48. The Kier molecular flexibility index (Phi) is 2.88. The van der Waals surface area contributed by atoms with Crippen molar-refractivity contribution in [3.63, 3.8) is 0 Å². The van der Waals surface area contributed by atoms with E-state index in [4.69, 9.17) is 4.98 Å². The van der Waals surface area contributed by atoms with E-state index in [0.29, 0.717) is 0 Å². The maximum absolute atomic E-state index is 4.73. The van der Waals surface area contributed by atoms with Crippen LogP contribution < -0.4 is 4.90 Å². The van der Waals surface area contributed by atoms with E-state index in [1.54, 1.807) is 0 Å². The second-order valence-corrected chi connectivity index (χ2v) is 5.67. The van der Waals surface area contributed by atoms with Gasteiger partial charge in [-0.25, -0.2) is 4.98 Å². The molecule has 0 spiro atoms. The summed E-state index contributed by atoms with van der Waals surface area (Å²) in [4.78, 5) is 15.1. The maximum Gasteiger partial charge on any atom is 0.159 e. The van der Waals surface area contributed by atoms with Crippen molar-refractivity contribution in [1.29, 1.82) is 0 Å². The number of nitrogens with zero attached hydrogens (tertiary/aromatic N) is 3. The number of aromatic amines is 1. The molecule has 1 aliphatic rings. The summed E-state index contributed by atoms with van der Waals surface area (Å²) in [6.07, 6.45) is 4.36. The second kappa shape index (κ2) is 4.88. The molecule has 0 saturated carbocycles. The van der Waals surface area contributed by atoms with Gasteiger partial charge in [0, 0.05) is 19.3 Å². The molecule has 106 valence electrons. The van der Waals surface area contributed by atoms with Crippen LogP contribution in [0.15, 0.2) is 36.5 Å². The van der Waals surface area contributed by atoms with E-state index in [9.17, 15) is 0 Å². The predicted molar refractivity (Wildman–Crippen MR) is 85.5 cm³/mol. The van der Waals surface area contributed by atoms with Crippen molar-refractivity contribution in [2.75, 3.05) is 18.0 Å². The van der Waals surface area contributed by atoms with E-state index in [2.05, 4.69) is 46.1 Å². The van der Waals surface area contributed by atoms with Crippen LogP contribution in [0.4, 0.5) is 5.69 Å². The Morgan fingerprint density at radius 3 is 2.86 bits per heavy atom. The molecule has 4 heteroatoms. The minimum absolute atomic E-state index is 0.859. The third-order valence-corrected chi connectivity index (χ3v) is 4.10. The number of H-pyrrole nitrogens is 1.